The maximum Gasteiger partial charge on any atom is 0.227 e. The molecule has 0 bridgehead atoms. The van der Waals surface area contributed by atoms with E-state index in [1.807, 2.05) is 4.90 Å². The molecule has 0 unspecified atom stereocenters. The summed E-state index contributed by atoms with van der Waals surface area (Å²) >= 11 is 0. The second-order valence-corrected chi connectivity index (χ2v) is 7.52. The molecule has 5 heteroatoms. The van der Waals surface area contributed by atoms with E-state index in [1.165, 1.54) is 12.1 Å². The molecule has 0 aromatic heterocycles. The van der Waals surface area contributed by atoms with Gasteiger partial charge in [-0.15, -0.1) is 0 Å². The number of halogens is 1. The summed E-state index contributed by atoms with van der Waals surface area (Å²) < 4.78 is 13.1. The minimum absolute atomic E-state index is 0.0271. The third-order valence-electron chi connectivity index (χ3n) is 5.96. The van der Waals surface area contributed by atoms with Crippen LogP contribution in [0.25, 0.3) is 0 Å². The Morgan fingerprint density at radius 2 is 2.00 bits per heavy atom. The topological polar surface area (TPSA) is 66.6 Å². The molecule has 1 aliphatic carbocycles. The number of benzene rings is 1. The van der Waals surface area contributed by atoms with Gasteiger partial charge in [0.25, 0.3) is 0 Å². The van der Waals surface area contributed by atoms with E-state index < -0.39 is 0 Å². The van der Waals surface area contributed by atoms with Crippen LogP contribution < -0.4 is 5.73 Å². The van der Waals surface area contributed by atoms with Crippen LogP contribution in [-0.4, -0.2) is 40.6 Å². The van der Waals surface area contributed by atoms with Crippen LogP contribution in [0, 0.1) is 11.2 Å². The van der Waals surface area contributed by atoms with Crippen LogP contribution in [0.1, 0.15) is 44.6 Å². The largest absolute Gasteiger partial charge is 0.392 e. The van der Waals surface area contributed by atoms with Gasteiger partial charge in [-0.3, -0.25) is 4.79 Å². The highest BCUT2D eigenvalue weighted by Gasteiger charge is 2.54. The van der Waals surface area contributed by atoms with Crippen LogP contribution in [-0.2, 0) is 11.2 Å². The summed E-state index contributed by atoms with van der Waals surface area (Å²) in [6.45, 7) is 2.51. The Kier molecular flexibility index (Phi) is 4.92. The maximum atomic E-state index is 13.1. The first kappa shape index (κ1) is 17.4. The number of aliphatic hydroxyl groups excluding tert-OH is 1. The van der Waals surface area contributed by atoms with E-state index in [4.69, 9.17) is 5.73 Å². The summed E-state index contributed by atoms with van der Waals surface area (Å²) in [4.78, 5) is 14.9. The second-order valence-electron chi connectivity index (χ2n) is 7.52. The molecule has 1 aromatic rings. The van der Waals surface area contributed by atoms with Gasteiger partial charge in [0, 0.05) is 24.0 Å². The molecule has 0 spiro atoms. The quantitative estimate of drug-likeness (QED) is 0.891. The van der Waals surface area contributed by atoms with Gasteiger partial charge in [0.1, 0.15) is 5.82 Å². The predicted octanol–water partition coefficient (Wildman–Crippen LogP) is 2.24. The number of fused-ring (bicyclic) bond motifs is 1. The Labute approximate surface area is 142 Å². The summed E-state index contributed by atoms with van der Waals surface area (Å²) in [6, 6.07) is 6.08. The van der Waals surface area contributed by atoms with Gasteiger partial charge >= 0.3 is 0 Å². The molecule has 3 N–H and O–H groups in total. The zero-order valence-electron chi connectivity index (χ0n) is 14.2. The third kappa shape index (κ3) is 3.07. The van der Waals surface area contributed by atoms with Gasteiger partial charge in [-0.25, -0.2) is 4.39 Å². The summed E-state index contributed by atoms with van der Waals surface area (Å²) in [5, 5.41) is 10.6. The summed E-state index contributed by atoms with van der Waals surface area (Å²) in [7, 11) is 0. The lowest BCUT2D eigenvalue weighted by molar-refractivity contribution is -0.134. The lowest BCUT2D eigenvalue weighted by atomic mass is 9.75. The van der Waals surface area contributed by atoms with Crippen molar-refractivity contribution in [3.8, 4) is 0 Å². The van der Waals surface area contributed by atoms with Gasteiger partial charge in [-0.2, -0.15) is 0 Å². The number of nitrogens with zero attached hydrogens (tertiary/aromatic N) is 1. The molecule has 1 aromatic carbocycles. The first-order valence-corrected chi connectivity index (χ1v) is 8.89. The van der Waals surface area contributed by atoms with E-state index in [-0.39, 0.29) is 41.7 Å². The first-order chi connectivity index (χ1) is 11.5. The number of carbonyl (C=O) groups excluding carboxylic acids is 1. The summed E-state index contributed by atoms with van der Waals surface area (Å²) in [5.74, 6) is -0.272. The molecule has 24 heavy (non-hydrogen) atoms. The van der Waals surface area contributed by atoms with Gasteiger partial charge in [0.15, 0.2) is 0 Å². The molecular formula is C19H27FN2O2. The fourth-order valence-electron chi connectivity index (χ4n) is 4.59. The van der Waals surface area contributed by atoms with Crippen molar-refractivity contribution in [2.75, 3.05) is 6.54 Å². The fourth-order valence-corrected chi connectivity index (χ4v) is 4.59. The Bertz CT molecular complexity index is 592. The van der Waals surface area contributed by atoms with Gasteiger partial charge in [-0.1, -0.05) is 31.9 Å². The van der Waals surface area contributed by atoms with Gasteiger partial charge < -0.3 is 15.7 Å². The van der Waals surface area contributed by atoms with Crippen LogP contribution in [0.15, 0.2) is 24.3 Å². The number of likely N-dealkylation sites (tertiary alicyclic amines) is 1. The summed E-state index contributed by atoms with van der Waals surface area (Å²) in [6.07, 6.45) is 4.35. The third-order valence-corrected chi connectivity index (χ3v) is 5.96. The van der Waals surface area contributed by atoms with Crippen LogP contribution in [0.4, 0.5) is 4.39 Å². The van der Waals surface area contributed by atoms with E-state index in [1.54, 1.807) is 12.1 Å². The van der Waals surface area contributed by atoms with Crippen molar-refractivity contribution >= 4 is 5.91 Å². The number of rotatable bonds is 3. The van der Waals surface area contributed by atoms with Crippen molar-refractivity contribution in [1.82, 2.24) is 4.90 Å². The molecule has 4 atom stereocenters. The Morgan fingerprint density at radius 3 is 2.67 bits per heavy atom. The SMILES string of the molecule is C[C@@]12C[C@H](CN)N(C(=O)Cc3ccc(F)cc3)[C@@H]1CCCC[C@H]2O. The van der Waals surface area contributed by atoms with Crippen LogP contribution in [0.2, 0.25) is 0 Å². The number of aliphatic hydroxyl groups is 1. The van der Waals surface area contributed by atoms with Crippen molar-refractivity contribution in [1.29, 1.82) is 0 Å². The number of hydrogen-bond acceptors (Lipinski definition) is 3. The molecule has 1 heterocycles. The van der Waals surface area contributed by atoms with E-state index >= 15 is 0 Å². The minimum Gasteiger partial charge on any atom is -0.392 e. The van der Waals surface area contributed by atoms with Gasteiger partial charge in [0.2, 0.25) is 5.91 Å². The Morgan fingerprint density at radius 1 is 1.33 bits per heavy atom. The smallest absolute Gasteiger partial charge is 0.227 e. The maximum absolute atomic E-state index is 13.1. The highest BCUT2D eigenvalue weighted by atomic mass is 19.1. The summed E-state index contributed by atoms with van der Waals surface area (Å²) in [5.41, 5.74) is 6.47. The molecule has 4 nitrogen and oxygen atoms in total. The fraction of sp³-hybridized carbons (Fsp3) is 0.632. The van der Waals surface area contributed by atoms with Gasteiger partial charge in [-0.05, 0) is 37.0 Å². The highest BCUT2D eigenvalue weighted by Crippen LogP contribution is 2.48. The van der Waals surface area contributed by atoms with Crippen molar-refractivity contribution in [2.45, 2.75) is 63.6 Å². The molecule has 2 fully saturated rings. The van der Waals surface area contributed by atoms with Crippen LogP contribution >= 0.6 is 0 Å². The Hall–Kier alpha value is -1.46. The van der Waals surface area contributed by atoms with E-state index in [2.05, 4.69) is 6.92 Å². The van der Waals surface area contributed by atoms with Gasteiger partial charge in [0.05, 0.1) is 12.5 Å². The van der Waals surface area contributed by atoms with Crippen molar-refractivity contribution in [2.24, 2.45) is 11.1 Å². The van der Waals surface area contributed by atoms with E-state index in [0.29, 0.717) is 6.54 Å². The average Bonchev–Trinajstić information content (AvgIpc) is 2.79. The molecular weight excluding hydrogens is 307 g/mol. The Balaban J connectivity index is 1.83. The average molecular weight is 334 g/mol. The van der Waals surface area contributed by atoms with Crippen molar-refractivity contribution in [3.63, 3.8) is 0 Å². The number of hydrogen-bond donors (Lipinski definition) is 2. The van der Waals surface area contributed by atoms with Crippen LogP contribution in [0.3, 0.4) is 0 Å². The molecule has 3 rings (SSSR count). The molecule has 132 valence electrons. The van der Waals surface area contributed by atoms with E-state index in [9.17, 15) is 14.3 Å². The predicted molar refractivity (Wildman–Crippen MR) is 90.8 cm³/mol. The van der Waals surface area contributed by atoms with Crippen molar-refractivity contribution < 1.29 is 14.3 Å². The zero-order chi connectivity index (χ0) is 17.3. The molecule has 1 saturated heterocycles. The van der Waals surface area contributed by atoms with Crippen LogP contribution in [0.5, 0.6) is 0 Å². The lowest BCUT2D eigenvalue weighted by Crippen LogP contribution is -2.48. The molecule has 1 aliphatic heterocycles. The van der Waals surface area contributed by atoms with E-state index in [0.717, 1.165) is 37.7 Å². The monoisotopic (exact) mass is 334 g/mol. The normalized spacial score (nSPS) is 33.2. The zero-order valence-corrected chi connectivity index (χ0v) is 14.2. The number of nitrogens with two attached hydrogens (primary N) is 1. The number of amides is 1. The molecule has 1 amide bonds. The first-order valence-electron chi connectivity index (χ1n) is 8.89. The minimum atomic E-state index is -0.386. The highest BCUT2D eigenvalue weighted by molar-refractivity contribution is 5.80. The molecule has 0 radical (unpaired) electrons. The molecule has 2 aliphatic rings. The molecule has 1 saturated carbocycles. The van der Waals surface area contributed by atoms with Crippen molar-refractivity contribution in [3.05, 3.63) is 35.6 Å². The number of carbonyl (C=O) groups is 1. The standard InChI is InChI=1S/C19H27FN2O2/c1-19-11-15(12-21)22(16(19)4-2-3-5-17(19)23)18(24)10-13-6-8-14(20)9-7-13/h6-9,15-17,23H,2-5,10-12,21H2,1H3/t15-,16-,17-,19-/m1/s1. The lowest BCUT2D eigenvalue weighted by Gasteiger charge is -2.37. The second kappa shape index (κ2) is 6.81.